The number of benzene rings is 2. The number of nitrogens with zero attached hydrogens (tertiary/aromatic N) is 1. The minimum absolute atomic E-state index is 0. The molecule has 0 aliphatic rings. The molecule has 0 saturated heterocycles. The number of hydrogen-bond donors (Lipinski definition) is 1. The van der Waals surface area contributed by atoms with Gasteiger partial charge in [0.05, 0.1) is 15.7 Å². The predicted octanol–water partition coefficient (Wildman–Crippen LogP) is 6.57. The molecule has 0 saturated carbocycles. The molecule has 0 amide bonds. The maximum atomic E-state index is 15.1. The number of aromatic nitrogens is 1. The van der Waals surface area contributed by atoms with Crippen molar-refractivity contribution in [3.05, 3.63) is 78.8 Å². The third-order valence-electron chi connectivity index (χ3n) is 5.18. The Morgan fingerprint density at radius 3 is 2.46 bits per heavy atom. The van der Waals surface area contributed by atoms with Crippen molar-refractivity contribution < 1.29 is 23.8 Å². The van der Waals surface area contributed by atoms with E-state index in [1.54, 1.807) is 23.6 Å². The van der Waals surface area contributed by atoms with Crippen molar-refractivity contribution in [2.75, 3.05) is 13.2 Å². The molecule has 3 rings (SSSR count). The van der Waals surface area contributed by atoms with Crippen LogP contribution in [0.3, 0.4) is 0 Å². The van der Waals surface area contributed by atoms with E-state index in [-0.39, 0.29) is 91.1 Å². The molecule has 0 unspecified atom stereocenters. The molecular formula is C26H24Cl2FNNa2O4S. The molecule has 1 heterocycles. The van der Waals surface area contributed by atoms with Gasteiger partial charge in [0.25, 0.3) is 0 Å². The third-order valence-corrected chi connectivity index (χ3v) is 6.64. The first-order chi connectivity index (χ1) is 16.7. The van der Waals surface area contributed by atoms with Gasteiger partial charge in [-0.1, -0.05) is 42.3 Å². The van der Waals surface area contributed by atoms with E-state index in [2.05, 4.69) is 4.98 Å². The van der Waals surface area contributed by atoms with E-state index < -0.39 is 11.8 Å². The van der Waals surface area contributed by atoms with Gasteiger partial charge in [-0.25, -0.2) is 14.2 Å². The normalized spacial score (nSPS) is 11.0. The topological polar surface area (TPSA) is 76.5 Å². The zero-order valence-electron chi connectivity index (χ0n) is 21.2. The molecule has 37 heavy (non-hydrogen) atoms. The van der Waals surface area contributed by atoms with Crippen LogP contribution in [0.25, 0.3) is 17.3 Å². The SMILES string of the molecule is CCCOCCCc1cccc(-c2csc(C(=O)c3cc(Cl)c(C=C(C)C(=O)O)c(Cl)c3)n2)c1F.[Na].[Na]. The minimum Gasteiger partial charge on any atom is -0.478 e. The van der Waals surface area contributed by atoms with E-state index in [1.165, 1.54) is 25.1 Å². The van der Waals surface area contributed by atoms with Gasteiger partial charge in [0.15, 0.2) is 5.01 Å². The van der Waals surface area contributed by atoms with Crippen LogP contribution in [-0.2, 0) is 16.0 Å². The molecule has 0 aliphatic carbocycles. The number of aryl methyl sites for hydroxylation is 1. The van der Waals surface area contributed by atoms with Gasteiger partial charge >= 0.3 is 5.97 Å². The zero-order chi connectivity index (χ0) is 25.5. The first-order valence-corrected chi connectivity index (χ1v) is 12.6. The van der Waals surface area contributed by atoms with Gasteiger partial charge in [-0.05, 0) is 56.0 Å². The summed E-state index contributed by atoms with van der Waals surface area (Å²) in [5.74, 6) is -1.88. The summed E-state index contributed by atoms with van der Waals surface area (Å²) in [5.41, 5.74) is 1.83. The van der Waals surface area contributed by atoms with Gasteiger partial charge in [-0.3, -0.25) is 4.79 Å². The van der Waals surface area contributed by atoms with Gasteiger partial charge in [-0.2, -0.15) is 0 Å². The van der Waals surface area contributed by atoms with Gasteiger partial charge in [0.1, 0.15) is 5.82 Å². The standard InChI is InChI=1S/C26H24Cl2FNO4S.2Na/c1-3-9-34-10-5-7-16-6-4-8-18(23(16)29)22-14-35-25(30-22)24(31)17-12-20(27)19(21(28)13-17)11-15(2)26(32)33;;/h4,6,8,11-14H,3,5,7,9-10H2,1-2H3,(H,32,33);;. The Labute approximate surface area is 274 Å². The Hall–Kier alpha value is -0.580. The maximum Gasteiger partial charge on any atom is 0.331 e. The smallest absolute Gasteiger partial charge is 0.331 e. The van der Waals surface area contributed by atoms with E-state index in [1.807, 2.05) is 6.92 Å². The van der Waals surface area contributed by atoms with Crippen LogP contribution in [-0.4, -0.2) is 94.2 Å². The van der Waals surface area contributed by atoms with E-state index >= 15 is 4.39 Å². The van der Waals surface area contributed by atoms with E-state index in [4.69, 9.17) is 33.0 Å². The van der Waals surface area contributed by atoms with Crippen LogP contribution in [0.1, 0.15) is 53.2 Å². The summed E-state index contributed by atoms with van der Waals surface area (Å²) in [7, 11) is 0. The van der Waals surface area contributed by atoms with Crippen molar-refractivity contribution in [2.45, 2.75) is 33.1 Å². The van der Waals surface area contributed by atoms with Crippen molar-refractivity contribution in [1.29, 1.82) is 0 Å². The van der Waals surface area contributed by atoms with Crippen molar-refractivity contribution in [3.63, 3.8) is 0 Å². The molecule has 11 heteroatoms. The number of ether oxygens (including phenoxy) is 1. The quantitative estimate of drug-likeness (QED) is 0.120. The maximum absolute atomic E-state index is 15.1. The third kappa shape index (κ3) is 9.24. The molecule has 1 aromatic heterocycles. The number of hydrogen-bond acceptors (Lipinski definition) is 5. The second kappa shape index (κ2) is 16.5. The fourth-order valence-corrected chi connectivity index (χ4v) is 4.71. The van der Waals surface area contributed by atoms with Crippen LogP contribution in [0.4, 0.5) is 4.39 Å². The second-order valence-corrected chi connectivity index (χ2v) is 9.52. The fraction of sp³-hybridized carbons (Fsp3) is 0.269. The molecule has 0 fully saturated rings. The van der Waals surface area contributed by atoms with Crippen LogP contribution >= 0.6 is 34.5 Å². The Morgan fingerprint density at radius 1 is 1.16 bits per heavy atom. The average molecular weight is 582 g/mol. The van der Waals surface area contributed by atoms with E-state index in [0.29, 0.717) is 48.4 Å². The molecule has 2 aromatic carbocycles. The monoisotopic (exact) mass is 581 g/mol. The van der Waals surface area contributed by atoms with Gasteiger partial charge in [0, 0.05) is 100.0 Å². The van der Waals surface area contributed by atoms with Crippen molar-refractivity contribution in [3.8, 4) is 11.3 Å². The second-order valence-electron chi connectivity index (χ2n) is 7.85. The Kier molecular flexibility index (Phi) is 15.4. The number of carbonyl (C=O) groups is 2. The fourth-order valence-electron chi connectivity index (χ4n) is 3.34. The molecule has 1 N–H and O–H groups in total. The van der Waals surface area contributed by atoms with Crippen molar-refractivity contribution in [1.82, 2.24) is 4.98 Å². The number of carbonyl (C=O) groups excluding carboxylic acids is 1. The summed E-state index contributed by atoms with van der Waals surface area (Å²) in [6, 6.07) is 7.98. The molecule has 0 aliphatic heterocycles. The van der Waals surface area contributed by atoms with Crippen molar-refractivity contribution in [2.24, 2.45) is 0 Å². The summed E-state index contributed by atoms with van der Waals surface area (Å²) in [6.45, 7) is 4.72. The number of rotatable bonds is 11. The molecule has 2 radical (unpaired) electrons. The number of halogens is 3. The van der Waals surface area contributed by atoms with Crippen LogP contribution in [0.5, 0.6) is 0 Å². The largest absolute Gasteiger partial charge is 0.478 e. The van der Waals surface area contributed by atoms with Gasteiger partial charge < -0.3 is 9.84 Å². The molecule has 0 spiro atoms. The summed E-state index contributed by atoms with van der Waals surface area (Å²) >= 11 is 13.6. The van der Waals surface area contributed by atoms with E-state index in [9.17, 15) is 9.59 Å². The number of carboxylic acids is 1. The Bertz CT molecular complexity index is 1260. The summed E-state index contributed by atoms with van der Waals surface area (Å²) in [4.78, 5) is 28.5. The molecule has 186 valence electrons. The van der Waals surface area contributed by atoms with Crippen LogP contribution in [0.2, 0.25) is 10.0 Å². The number of aliphatic carboxylic acids is 1. The van der Waals surface area contributed by atoms with Crippen LogP contribution < -0.4 is 0 Å². The predicted molar refractivity (Wildman–Crippen MR) is 150 cm³/mol. The van der Waals surface area contributed by atoms with Crippen LogP contribution in [0.15, 0.2) is 41.3 Å². The molecule has 3 aromatic rings. The van der Waals surface area contributed by atoms with Gasteiger partial charge in [-0.15, -0.1) is 11.3 Å². The molecule has 0 atom stereocenters. The Morgan fingerprint density at radius 2 is 1.84 bits per heavy atom. The van der Waals surface area contributed by atoms with Crippen LogP contribution in [0, 0.1) is 5.82 Å². The van der Waals surface area contributed by atoms with E-state index in [0.717, 1.165) is 17.8 Å². The molecular weight excluding hydrogens is 558 g/mol. The molecule has 0 bridgehead atoms. The van der Waals surface area contributed by atoms with Crippen molar-refractivity contribution >= 4 is 111 Å². The average Bonchev–Trinajstić information content (AvgIpc) is 3.31. The number of ketones is 1. The summed E-state index contributed by atoms with van der Waals surface area (Å²) in [6.07, 6.45) is 3.53. The molecule has 5 nitrogen and oxygen atoms in total. The van der Waals surface area contributed by atoms with Gasteiger partial charge in [0.2, 0.25) is 5.78 Å². The first kappa shape index (κ1) is 34.4. The zero-order valence-corrected chi connectivity index (χ0v) is 27.6. The number of thiazole rings is 1. The minimum atomic E-state index is -1.10. The first-order valence-electron chi connectivity index (χ1n) is 11.0. The Balaban J connectivity index is 0.00000342. The number of carboxylic acid groups (broad SMARTS) is 1. The summed E-state index contributed by atoms with van der Waals surface area (Å²) < 4.78 is 20.6. The summed E-state index contributed by atoms with van der Waals surface area (Å²) in [5, 5.41) is 11.2.